The average molecular weight is 344 g/mol. The van der Waals surface area contributed by atoms with Gasteiger partial charge < -0.3 is 9.64 Å². The number of benzene rings is 1. The number of esters is 1. The van der Waals surface area contributed by atoms with Crippen LogP contribution in [0.4, 0.5) is 0 Å². The van der Waals surface area contributed by atoms with Crippen molar-refractivity contribution in [3.63, 3.8) is 0 Å². The van der Waals surface area contributed by atoms with Crippen molar-refractivity contribution in [1.82, 2.24) is 9.80 Å². The first-order chi connectivity index (χ1) is 12.1. The molecule has 0 N–H and O–H groups in total. The first-order valence-electron chi connectivity index (χ1n) is 9.30. The van der Waals surface area contributed by atoms with Crippen LogP contribution in [-0.4, -0.2) is 54.5 Å². The first-order valence-corrected chi connectivity index (χ1v) is 9.30. The van der Waals surface area contributed by atoms with Crippen molar-refractivity contribution in [2.24, 2.45) is 5.41 Å². The number of amides is 1. The second-order valence-corrected chi connectivity index (χ2v) is 7.35. The number of piperidine rings is 2. The molecule has 1 spiro atoms. The van der Waals surface area contributed by atoms with Crippen molar-refractivity contribution in [3.8, 4) is 0 Å². The van der Waals surface area contributed by atoms with E-state index in [-0.39, 0.29) is 17.3 Å². The summed E-state index contributed by atoms with van der Waals surface area (Å²) in [4.78, 5) is 28.4. The fourth-order valence-corrected chi connectivity index (χ4v) is 4.22. The van der Waals surface area contributed by atoms with E-state index in [4.69, 9.17) is 4.74 Å². The van der Waals surface area contributed by atoms with E-state index in [0.717, 1.165) is 38.9 Å². The van der Waals surface area contributed by atoms with Gasteiger partial charge in [-0.05, 0) is 38.3 Å². The molecule has 0 aliphatic carbocycles. The van der Waals surface area contributed by atoms with Gasteiger partial charge in [-0.15, -0.1) is 0 Å². The van der Waals surface area contributed by atoms with Gasteiger partial charge in [-0.3, -0.25) is 14.5 Å². The Morgan fingerprint density at radius 1 is 1.20 bits per heavy atom. The Balaban J connectivity index is 1.64. The smallest absolute Gasteiger partial charge is 0.320 e. The zero-order chi connectivity index (χ0) is 17.7. The molecule has 2 aliphatic heterocycles. The molecule has 0 saturated carbocycles. The Bertz CT molecular complexity index is 604. The number of carbonyl (C=O) groups excluding carboxylic acids is 2. The third kappa shape index (κ3) is 4.60. The summed E-state index contributed by atoms with van der Waals surface area (Å²) >= 11 is 0. The molecule has 1 unspecified atom stereocenters. The Morgan fingerprint density at radius 3 is 2.76 bits per heavy atom. The maximum absolute atomic E-state index is 12.4. The Labute approximate surface area is 149 Å². The van der Waals surface area contributed by atoms with Gasteiger partial charge in [0.25, 0.3) is 0 Å². The molecule has 0 bridgehead atoms. The predicted molar refractivity (Wildman–Crippen MR) is 95.8 cm³/mol. The highest BCUT2D eigenvalue weighted by Crippen LogP contribution is 2.39. The highest BCUT2D eigenvalue weighted by Gasteiger charge is 2.41. The third-order valence-corrected chi connectivity index (χ3v) is 5.36. The Hall–Kier alpha value is -1.88. The van der Waals surface area contributed by atoms with Crippen molar-refractivity contribution in [2.75, 3.05) is 32.8 Å². The molecule has 136 valence electrons. The zero-order valence-electron chi connectivity index (χ0n) is 15.1. The topological polar surface area (TPSA) is 49.9 Å². The van der Waals surface area contributed by atoms with Crippen molar-refractivity contribution in [2.45, 2.75) is 39.2 Å². The van der Waals surface area contributed by atoms with E-state index in [1.54, 1.807) is 0 Å². The monoisotopic (exact) mass is 344 g/mol. The van der Waals surface area contributed by atoms with E-state index >= 15 is 0 Å². The number of rotatable bonds is 5. The van der Waals surface area contributed by atoms with Crippen molar-refractivity contribution in [1.29, 1.82) is 0 Å². The summed E-state index contributed by atoms with van der Waals surface area (Å²) in [7, 11) is 0. The van der Waals surface area contributed by atoms with Crippen LogP contribution in [0.3, 0.4) is 0 Å². The summed E-state index contributed by atoms with van der Waals surface area (Å²) in [6.45, 7) is 5.92. The van der Waals surface area contributed by atoms with Gasteiger partial charge in [0.2, 0.25) is 5.91 Å². The van der Waals surface area contributed by atoms with Gasteiger partial charge in [0.1, 0.15) is 0 Å². The third-order valence-electron chi connectivity index (χ3n) is 5.36. The molecule has 2 aliphatic rings. The highest BCUT2D eigenvalue weighted by molar-refractivity contribution is 5.77. The largest absolute Gasteiger partial charge is 0.465 e. The van der Waals surface area contributed by atoms with E-state index in [1.165, 1.54) is 5.56 Å². The summed E-state index contributed by atoms with van der Waals surface area (Å²) in [5, 5.41) is 0. The maximum Gasteiger partial charge on any atom is 0.320 e. The van der Waals surface area contributed by atoms with Gasteiger partial charge in [-0.1, -0.05) is 30.3 Å². The minimum Gasteiger partial charge on any atom is -0.465 e. The molecule has 2 heterocycles. The van der Waals surface area contributed by atoms with Crippen LogP contribution >= 0.6 is 0 Å². The Morgan fingerprint density at radius 2 is 2.00 bits per heavy atom. The van der Waals surface area contributed by atoms with Gasteiger partial charge in [0.05, 0.1) is 13.2 Å². The van der Waals surface area contributed by atoms with E-state index in [2.05, 4.69) is 17.0 Å². The fourth-order valence-electron chi connectivity index (χ4n) is 4.22. The second kappa shape index (κ2) is 8.00. The lowest BCUT2D eigenvalue weighted by molar-refractivity contribution is -0.147. The quantitative estimate of drug-likeness (QED) is 0.770. The first kappa shape index (κ1) is 17.9. The molecule has 0 radical (unpaired) electrons. The molecule has 0 aromatic heterocycles. The Kier molecular flexibility index (Phi) is 5.74. The molecule has 3 rings (SSSR count). The van der Waals surface area contributed by atoms with Crippen LogP contribution < -0.4 is 0 Å². The normalized spacial score (nSPS) is 24.5. The molecule has 1 aromatic rings. The zero-order valence-corrected chi connectivity index (χ0v) is 15.1. The minimum absolute atomic E-state index is 0.118. The van der Waals surface area contributed by atoms with Gasteiger partial charge in [0.15, 0.2) is 0 Å². The highest BCUT2D eigenvalue weighted by atomic mass is 16.5. The number of hydrogen-bond donors (Lipinski definition) is 0. The van der Waals surface area contributed by atoms with Crippen LogP contribution in [0.2, 0.25) is 0 Å². The minimum atomic E-state index is -0.146. The lowest BCUT2D eigenvalue weighted by Gasteiger charge is -2.48. The molecule has 1 atom stereocenters. The molecular formula is C20H28N2O3. The molecule has 5 nitrogen and oxygen atoms in total. The average Bonchev–Trinajstić information content (AvgIpc) is 2.60. The van der Waals surface area contributed by atoms with Gasteiger partial charge in [-0.2, -0.15) is 0 Å². The van der Waals surface area contributed by atoms with Crippen LogP contribution in [0, 0.1) is 5.41 Å². The van der Waals surface area contributed by atoms with Gasteiger partial charge in [-0.25, -0.2) is 0 Å². The predicted octanol–water partition coefficient (Wildman–Crippen LogP) is 2.45. The van der Waals surface area contributed by atoms with Crippen molar-refractivity contribution >= 4 is 11.9 Å². The molecule has 25 heavy (non-hydrogen) atoms. The number of hydrogen-bond acceptors (Lipinski definition) is 4. The summed E-state index contributed by atoms with van der Waals surface area (Å²) in [5.74, 6) is 0.101. The van der Waals surface area contributed by atoms with Gasteiger partial charge >= 0.3 is 5.97 Å². The lowest BCUT2D eigenvalue weighted by Crippen LogP contribution is -2.54. The molecular weight excluding hydrogens is 316 g/mol. The molecule has 1 amide bonds. The van der Waals surface area contributed by atoms with Crippen LogP contribution in [0.5, 0.6) is 0 Å². The molecule has 2 saturated heterocycles. The molecule has 1 aromatic carbocycles. The number of carbonyl (C=O) groups is 2. The molecule has 2 fully saturated rings. The van der Waals surface area contributed by atoms with Crippen LogP contribution in [0.1, 0.15) is 38.2 Å². The van der Waals surface area contributed by atoms with E-state index < -0.39 is 0 Å². The second-order valence-electron chi connectivity index (χ2n) is 7.35. The van der Waals surface area contributed by atoms with E-state index in [0.29, 0.717) is 26.1 Å². The summed E-state index contributed by atoms with van der Waals surface area (Å²) in [6.07, 6.45) is 3.74. The summed E-state index contributed by atoms with van der Waals surface area (Å²) in [6, 6.07) is 10.2. The van der Waals surface area contributed by atoms with E-state index in [1.807, 2.05) is 30.0 Å². The standard InChI is InChI=1S/C20H28N2O3/c1-2-25-19(24)14-21-12-6-10-20(15-21)11-9-18(23)22(16-20)13-17-7-4-3-5-8-17/h3-5,7-8H,2,6,9-16H2,1H3. The van der Waals surface area contributed by atoms with Crippen molar-refractivity contribution < 1.29 is 14.3 Å². The maximum atomic E-state index is 12.4. The SMILES string of the molecule is CCOC(=O)CN1CCCC2(CCC(=O)N(Cc3ccccc3)C2)C1. The van der Waals surface area contributed by atoms with Crippen LogP contribution in [-0.2, 0) is 20.9 Å². The van der Waals surface area contributed by atoms with Crippen LogP contribution in [0.25, 0.3) is 0 Å². The lowest BCUT2D eigenvalue weighted by atomic mass is 9.73. The number of likely N-dealkylation sites (tertiary alicyclic amines) is 2. The number of ether oxygens (including phenoxy) is 1. The van der Waals surface area contributed by atoms with Gasteiger partial charge in [0, 0.05) is 31.5 Å². The fraction of sp³-hybridized carbons (Fsp3) is 0.600. The van der Waals surface area contributed by atoms with E-state index in [9.17, 15) is 9.59 Å². The van der Waals surface area contributed by atoms with Crippen LogP contribution in [0.15, 0.2) is 30.3 Å². The summed E-state index contributed by atoms with van der Waals surface area (Å²) < 4.78 is 5.09. The van der Waals surface area contributed by atoms with Crippen molar-refractivity contribution in [3.05, 3.63) is 35.9 Å². The summed E-state index contributed by atoms with van der Waals surface area (Å²) in [5.41, 5.74) is 1.29. The number of nitrogens with zero attached hydrogens (tertiary/aromatic N) is 2. The molecule has 5 heteroatoms.